The largest absolute Gasteiger partial charge is 0.502 e. The first-order valence-electron chi connectivity index (χ1n) is 28.2. The summed E-state index contributed by atoms with van der Waals surface area (Å²) in [5.74, 6) is -3.80. The van der Waals surface area contributed by atoms with Gasteiger partial charge in [0.2, 0.25) is 0 Å². The highest BCUT2D eigenvalue weighted by Crippen LogP contribution is 2.29. The Balaban J connectivity index is 0.000000192. The monoisotopic (exact) mass is 1340 g/mol. The van der Waals surface area contributed by atoms with Crippen molar-refractivity contribution < 1.29 is 34.1 Å². The molecule has 0 aliphatic heterocycles. The number of nitrogens with one attached hydrogen (secondary N) is 3. The number of amides is 3. The van der Waals surface area contributed by atoms with Gasteiger partial charge >= 0.3 is 0 Å². The first-order chi connectivity index (χ1) is 42.8. The zero-order chi connectivity index (χ0) is 65.5. The molecular weight excluding hydrogens is 1280 g/mol. The third-order valence-electron chi connectivity index (χ3n) is 14.4. The molecule has 9 rings (SSSR count). The molecule has 0 spiro atoms. The van der Waals surface area contributed by atoms with Gasteiger partial charge < -0.3 is 45.0 Å². The molecule has 0 bridgehead atoms. The van der Waals surface area contributed by atoms with Gasteiger partial charge in [-0.15, -0.1) is 0 Å². The Morgan fingerprint density at radius 1 is 0.400 bits per heavy atom. The van der Waals surface area contributed by atoms with Crippen molar-refractivity contribution in [2.24, 2.45) is 21.1 Å². The Morgan fingerprint density at radius 2 is 0.744 bits per heavy atom. The molecule has 22 heteroatoms. The van der Waals surface area contributed by atoms with Crippen molar-refractivity contribution in [2.45, 2.75) is 52.4 Å². The van der Waals surface area contributed by atoms with Gasteiger partial charge in [0, 0.05) is 46.3 Å². The second-order valence-electron chi connectivity index (χ2n) is 21.0. The summed E-state index contributed by atoms with van der Waals surface area (Å²) in [5, 5.41) is 41.8. The molecule has 90 heavy (non-hydrogen) atoms. The van der Waals surface area contributed by atoms with Crippen LogP contribution in [-0.4, -0.2) is 66.4 Å². The minimum absolute atomic E-state index is 0.0378. The quantitative estimate of drug-likeness (QED) is 0.0450. The zero-order valence-electron chi connectivity index (χ0n) is 49.5. The van der Waals surface area contributed by atoms with Crippen LogP contribution in [0.2, 0.25) is 30.1 Å². The van der Waals surface area contributed by atoms with E-state index in [4.69, 9.17) is 69.6 Å². The van der Waals surface area contributed by atoms with Crippen LogP contribution < -0.4 is 32.6 Å². The fraction of sp³-hybridized carbons (Fsp3) is 0.206. The van der Waals surface area contributed by atoms with Crippen LogP contribution in [0.15, 0.2) is 160 Å². The Morgan fingerprint density at radius 3 is 1.10 bits per heavy atom. The molecule has 3 heterocycles. The first-order valence-corrected chi connectivity index (χ1v) is 30.5. The van der Waals surface area contributed by atoms with Crippen LogP contribution in [0.25, 0.3) is 33.8 Å². The van der Waals surface area contributed by atoms with E-state index in [1.807, 2.05) is 79.7 Å². The predicted octanol–water partition coefficient (Wildman–Crippen LogP) is 14.0. The van der Waals surface area contributed by atoms with Gasteiger partial charge in [-0.3, -0.25) is 28.8 Å². The lowest BCUT2D eigenvalue weighted by molar-refractivity contribution is 0.0941. The summed E-state index contributed by atoms with van der Waals surface area (Å²) in [7, 11) is 4.58. The standard InChI is InChI=1S/C23H21Cl2FN2O3.C23H22Cl2N2O3.C22H20Cl2N2O3/c1-13-8-15(11-16(26)9-13)20-12-17(21(29)23(31)28(20)2)22(30)27-7-3-4-14-5-6-18(24)19(25)10-14;1-14-5-3-7-16(11-14)20-13-17(21(28)23(30)27(20)2)22(29)26-10-4-6-15-8-9-18(24)19(25)12-15;1-26-19(15-7-3-2-4-8-15)13-16(20(27)22(26)29)21(28)25-11-5-6-14-9-10-17(23)18(24)12-14/h5-6,8-12,29H,3-4,7H2,1-2H3,(H,27,30);3,5,7-9,11-13,28H,4,6,10H2,1-2H3,(H,26,29);2-4,7-10,12-13,27H,5-6,11H2,1H3,(H,25,28). The van der Waals surface area contributed by atoms with Crippen molar-refractivity contribution >= 4 is 87.3 Å². The number of nitrogens with zero attached hydrogens (tertiary/aromatic N) is 3. The van der Waals surface area contributed by atoms with Crippen molar-refractivity contribution in [3.63, 3.8) is 0 Å². The summed E-state index contributed by atoms with van der Waals surface area (Å²) >= 11 is 35.8. The maximum atomic E-state index is 13.8. The molecule has 6 N–H and O–H groups in total. The molecule has 6 aromatic carbocycles. The molecule has 0 unspecified atom stereocenters. The third kappa shape index (κ3) is 18.0. The molecule has 9 aromatic rings. The van der Waals surface area contributed by atoms with E-state index in [2.05, 4.69) is 16.0 Å². The smallest absolute Gasteiger partial charge is 0.293 e. The highest BCUT2D eigenvalue weighted by atomic mass is 35.5. The number of rotatable bonds is 18. The molecule has 0 atom stereocenters. The minimum atomic E-state index is -0.736. The lowest BCUT2D eigenvalue weighted by Crippen LogP contribution is -2.28. The van der Waals surface area contributed by atoms with E-state index in [1.54, 1.807) is 69.6 Å². The number of carbonyl (C=O) groups excluding carboxylic acids is 3. The summed E-state index contributed by atoms with van der Waals surface area (Å²) < 4.78 is 17.7. The molecule has 0 fully saturated rings. The summed E-state index contributed by atoms with van der Waals surface area (Å²) in [5.41, 5.74) is 5.93. The summed E-state index contributed by atoms with van der Waals surface area (Å²) in [6.07, 6.45) is 4.02. The highest BCUT2D eigenvalue weighted by molar-refractivity contribution is 6.43. The Labute approximate surface area is 548 Å². The molecule has 15 nitrogen and oxygen atoms in total. The number of carbonyl (C=O) groups is 3. The number of aryl methyl sites for hydroxylation is 5. The van der Waals surface area contributed by atoms with E-state index in [1.165, 1.54) is 45.0 Å². The number of aromatic nitrogens is 3. The molecule has 3 aromatic heterocycles. The van der Waals surface area contributed by atoms with Gasteiger partial charge in [0.1, 0.15) is 5.82 Å². The fourth-order valence-corrected chi connectivity index (χ4v) is 10.5. The predicted molar refractivity (Wildman–Crippen MR) is 357 cm³/mol. The van der Waals surface area contributed by atoms with Gasteiger partial charge in [0.25, 0.3) is 34.4 Å². The normalized spacial score (nSPS) is 10.8. The van der Waals surface area contributed by atoms with Crippen molar-refractivity contribution in [2.75, 3.05) is 19.6 Å². The number of aromatic hydroxyl groups is 3. The molecule has 0 aliphatic carbocycles. The van der Waals surface area contributed by atoms with Crippen LogP contribution in [0.3, 0.4) is 0 Å². The zero-order valence-corrected chi connectivity index (χ0v) is 54.0. The SMILES string of the molecule is Cc1cc(F)cc(-c2cc(C(=O)NCCCc3ccc(Cl)c(Cl)c3)c(O)c(=O)n2C)c1.Cc1cccc(-c2cc(C(=O)NCCCc3ccc(Cl)c(Cl)c3)c(O)c(=O)n2C)c1.Cn1c(-c2ccccc2)cc(C(=O)NCCCc2ccc(Cl)c(Cl)c2)c(O)c1=O. The molecule has 0 saturated carbocycles. The Hall–Kier alpha value is -8.35. The van der Waals surface area contributed by atoms with Crippen LogP contribution in [0.5, 0.6) is 17.2 Å². The van der Waals surface area contributed by atoms with E-state index < -0.39 is 57.5 Å². The van der Waals surface area contributed by atoms with Gasteiger partial charge in [-0.2, -0.15) is 0 Å². The first kappa shape index (κ1) is 69.1. The van der Waals surface area contributed by atoms with Crippen LogP contribution in [-0.2, 0) is 40.4 Å². The third-order valence-corrected chi connectivity index (χ3v) is 16.6. The fourth-order valence-electron chi connectivity index (χ4n) is 9.56. The van der Waals surface area contributed by atoms with E-state index in [0.29, 0.717) is 117 Å². The summed E-state index contributed by atoms with van der Waals surface area (Å²) in [4.78, 5) is 75.1. The van der Waals surface area contributed by atoms with Crippen molar-refractivity contribution in [1.29, 1.82) is 0 Å². The molecule has 468 valence electrons. The van der Waals surface area contributed by atoms with E-state index >= 15 is 0 Å². The number of benzene rings is 6. The maximum Gasteiger partial charge on any atom is 0.293 e. The van der Waals surface area contributed by atoms with Crippen LogP contribution >= 0.6 is 69.6 Å². The average molecular weight is 1340 g/mol. The number of halogens is 7. The van der Waals surface area contributed by atoms with Gasteiger partial charge in [-0.1, -0.05) is 142 Å². The second kappa shape index (κ2) is 31.9. The van der Waals surface area contributed by atoms with E-state index in [-0.39, 0.29) is 16.7 Å². The van der Waals surface area contributed by atoms with Gasteiger partial charge in [0.15, 0.2) is 17.2 Å². The van der Waals surface area contributed by atoms with Gasteiger partial charge in [0.05, 0.1) is 63.9 Å². The molecule has 0 radical (unpaired) electrons. The highest BCUT2D eigenvalue weighted by Gasteiger charge is 2.22. The number of hydrogen-bond donors (Lipinski definition) is 6. The van der Waals surface area contributed by atoms with Gasteiger partial charge in [-0.05, 0) is 165 Å². The number of hydrogen-bond acceptors (Lipinski definition) is 9. The van der Waals surface area contributed by atoms with Crippen LogP contribution in [0, 0.1) is 19.7 Å². The van der Waals surface area contributed by atoms with Gasteiger partial charge in [-0.25, -0.2) is 4.39 Å². The molecule has 0 aliphatic rings. The Bertz CT molecular complexity index is 4310. The Kier molecular flexibility index (Phi) is 24.5. The molecule has 3 amide bonds. The van der Waals surface area contributed by atoms with Crippen molar-refractivity contribution in [1.82, 2.24) is 29.7 Å². The lowest BCUT2D eigenvalue weighted by Gasteiger charge is -2.13. The van der Waals surface area contributed by atoms with Crippen molar-refractivity contribution in [3.05, 3.63) is 257 Å². The minimum Gasteiger partial charge on any atom is -0.502 e. The lowest BCUT2D eigenvalue weighted by atomic mass is 10.0. The average Bonchev–Trinajstić information content (AvgIpc) is 0.882. The second-order valence-corrected chi connectivity index (χ2v) is 23.5. The van der Waals surface area contributed by atoms with Crippen LogP contribution in [0.4, 0.5) is 4.39 Å². The summed E-state index contributed by atoms with van der Waals surface area (Å²) in [6.45, 7) is 4.76. The van der Waals surface area contributed by atoms with Crippen LogP contribution in [0.1, 0.15) is 78.2 Å². The topological polar surface area (TPSA) is 214 Å². The van der Waals surface area contributed by atoms with Crippen molar-refractivity contribution in [3.8, 4) is 51.0 Å². The number of pyridine rings is 3. The van der Waals surface area contributed by atoms with E-state index in [0.717, 1.165) is 33.4 Å². The van der Waals surface area contributed by atoms with E-state index in [9.17, 15) is 48.5 Å². The molecular formula is C68H63Cl6FN6O9. The molecule has 0 saturated heterocycles. The maximum absolute atomic E-state index is 13.8. The summed E-state index contributed by atoms with van der Waals surface area (Å²) in [6, 6.07) is 41.8.